The van der Waals surface area contributed by atoms with Crippen molar-refractivity contribution in [2.75, 3.05) is 13.1 Å². The van der Waals surface area contributed by atoms with Crippen LogP contribution in [0.4, 0.5) is 0 Å². The van der Waals surface area contributed by atoms with Gasteiger partial charge in [-0.25, -0.2) is 8.42 Å². The number of hydrogen-bond acceptors (Lipinski definition) is 3. The molecular weight excluding hydrogens is 262 g/mol. The topological polar surface area (TPSA) is 54.5 Å². The van der Waals surface area contributed by atoms with Crippen LogP contribution < -0.4 is 0 Å². The zero-order valence-corrected chi connectivity index (χ0v) is 11.7. The predicted octanol–water partition coefficient (Wildman–Crippen LogP) is 1.90. The summed E-state index contributed by atoms with van der Waals surface area (Å²) in [5.41, 5.74) is 1.00. The number of Topliss-reactive ketones (excluding diaryl/α,β-unsaturated/α-hetero) is 1. The number of carbonyl (C=O) groups excluding carboxylic acids is 1. The number of nitrogens with zero attached hydrogens (tertiary/aromatic N) is 1. The fraction of sp³-hybridized carbons (Fsp3) is 0.357. The number of rotatable bonds is 2. The molecule has 2 rings (SSSR count). The molecule has 0 aliphatic carbocycles. The largest absolute Gasteiger partial charge is 0.298 e. The van der Waals surface area contributed by atoms with E-state index in [1.807, 2.05) is 13.0 Å². The molecule has 0 aromatic heterocycles. The summed E-state index contributed by atoms with van der Waals surface area (Å²) in [4.78, 5) is 11.9. The minimum absolute atomic E-state index is 0.0411. The first-order valence-corrected chi connectivity index (χ1v) is 7.67. The molecule has 19 heavy (non-hydrogen) atoms. The van der Waals surface area contributed by atoms with Gasteiger partial charge in [0.1, 0.15) is 5.78 Å². The molecular formula is C14H17NO3S. The predicted molar refractivity (Wildman–Crippen MR) is 73.3 cm³/mol. The highest BCUT2D eigenvalue weighted by molar-refractivity contribution is 7.89. The molecule has 1 aromatic rings. The van der Waals surface area contributed by atoms with Crippen LogP contribution in [0.3, 0.4) is 0 Å². The van der Waals surface area contributed by atoms with Crippen molar-refractivity contribution >= 4 is 15.8 Å². The summed E-state index contributed by atoms with van der Waals surface area (Å²) in [6.07, 6.45) is 4.75. The van der Waals surface area contributed by atoms with Crippen molar-refractivity contribution in [2.45, 2.75) is 24.7 Å². The summed E-state index contributed by atoms with van der Waals surface area (Å²) in [5.74, 6) is -0.0416. The van der Waals surface area contributed by atoms with E-state index >= 15 is 0 Å². The smallest absolute Gasteiger partial charge is 0.243 e. The third-order valence-electron chi connectivity index (χ3n) is 3.08. The molecule has 0 atom stereocenters. The van der Waals surface area contributed by atoms with Crippen LogP contribution in [0.25, 0.3) is 0 Å². The van der Waals surface area contributed by atoms with Crippen LogP contribution >= 0.6 is 0 Å². The van der Waals surface area contributed by atoms with Crippen LogP contribution in [0, 0.1) is 6.92 Å². The van der Waals surface area contributed by atoms with Crippen molar-refractivity contribution in [3.05, 3.63) is 42.0 Å². The molecule has 0 amide bonds. The van der Waals surface area contributed by atoms with Gasteiger partial charge in [0.25, 0.3) is 0 Å². The van der Waals surface area contributed by atoms with E-state index in [2.05, 4.69) is 0 Å². The molecule has 4 nitrogen and oxygen atoms in total. The SMILES string of the molecule is Cc1ccc(S(=O)(=O)N2C/C=C\CCC(=O)C2)cc1. The van der Waals surface area contributed by atoms with Crippen LogP contribution in [0.5, 0.6) is 0 Å². The van der Waals surface area contributed by atoms with Crippen molar-refractivity contribution < 1.29 is 13.2 Å². The van der Waals surface area contributed by atoms with E-state index in [-0.39, 0.29) is 23.8 Å². The molecule has 0 saturated carbocycles. The quantitative estimate of drug-likeness (QED) is 0.777. The molecule has 1 heterocycles. The molecule has 0 saturated heterocycles. The van der Waals surface area contributed by atoms with Gasteiger partial charge in [0, 0.05) is 13.0 Å². The molecule has 0 N–H and O–H groups in total. The molecule has 0 bridgehead atoms. The molecule has 1 aromatic carbocycles. The summed E-state index contributed by atoms with van der Waals surface area (Å²) in [6.45, 7) is 2.11. The summed E-state index contributed by atoms with van der Waals surface area (Å²) in [6, 6.07) is 6.68. The maximum atomic E-state index is 12.4. The summed E-state index contributed by atoms with van der Waals surface area (Å²) >= 11 is 0. The van der Waals surface area contributed by atoms with E-state index in [9.17, 15) is 13.2 Å². The molecule has 0 spiro atoms. The Kier molecular flexibility index (Phi) is 4.17. The minimum atomic E-state index is -3.59. The van der Waals surface area contributed by atoms with E-state index in [0.29, 0.717) is 12.8 Å². The van der Waals surface area contributed by atoms with Crippen molar-refractivity contribution in [1.82, 2.24) is 4.31 Å². The minimum Gasteiger partial charge on any atom is -0.298 e. The third kappa shape index (κ3) is 3.30. The van der Waals surface area contributed by atoms with Crippen LogP contribution in [-0.2, 0) is 14.8 Å². The van der Waals surface area contributed by atoms with E-state index in [0.717, 1.165) is 5.56 Å². The second-order valence-electron chi connectivity index (χ2n) is 4.66. The number of hydrogen-bond donors (Lipinski definition) is 0. The van der Waals surface area contributed by atoms with Gasteiger partial charge in [0.05, 0.1) is 11.4 Å². The third-order valence-corrected chi connectivity index (χ3v) is 4.90. The lowest BCUT2D eigenvalue weighted by molar-refractivity contribution is -0.119. The molecule has 102 valence electrons. The highest BCUT2D eigenvalue weighted by Gasteiger charge is 2.25. The second-order valence-corrected chi connectivity index (χ2v) is 6.60. The standard InChI is InChI=1S/C14H17NO3S/c1-12-6-8-14(9-7-12)19(17,18)15-10-4-2-3-5-13(16)11-15/h2,4,6-9H,3,5,10-11H2,1H3/b4-2-. The monoisotopic (exact) mass is 279 g/mol. The average Bonchev–Trinajstić information content (AvgIpc) is 2.34. The molecule has 5 heteroatoms. The molecule has 1 aliphatic heterocycles. The van der Waals surface area contributed by atoms with Gasteiger partial charge >= 0.3 is 0 Å². The lowest BCUT2D eigenvalue weighted by Gasteiger charge is -2.21. The number of carbonyl (C=O) groups is 1. The zero-order chi connectivity index (χ0) is 13.9. The van der Waals surface area contributed by atoms with Crippen molar-refractivity contribution in [2.24, 2.45) is 0 Å². The summed E-state index contributed by atoms with van der Waals surface area (Å²) in [5, 5.41) is 0. The average molecular weight is 279 g/mol. The van der Waals surface area contributed by atoms with Crippen molar-refractivity contribution in [3.63, 3.8) is 0 Å². The second kappa shape index (κ2) is 5.67. The Morgan fingerprint density at radius 3 is 2.47 bits per heavy atom. The van der Waals surface area contributed by atoms with Gasteiger partial charge in [0.2, 0.25) is 10.0 Å². The van der Waals surface area contributed by atoms with Crippen LogP contribution in [-0.4, -0.2) is 31.6 Å². The van der Waals surface area contributed by atoms with Crippen LogP contribution in [0.1, 0.15) is 18.4 Å². The first-order valence-electron chi connectivity index (χ1n) is 6.23. The van der Waals surface area contributed by atoms with Crippen molar-refractivity contribution in [1.29, 1.82) is 0 Å². The number of sulfonamides is 1. The number of benzene rings is 1. The number of allylic oxidation sites excluding steroid dienone is 1. The van der Waals surface area contributed by atoms with Gasteiger partial charge in [-0.05, 0) is 25.5 Å². The van der Waals surface area contributed by atoms with Gasteiger partial charge in [0.15, 0.2) is 0 Å². The van der Waals surface area contributed by atoms with Gasteiger partial charge in [-0.3, -0.25) is 4.79 Å². The summed E-state index contributed by atoms with van der Waals surface area (Å²) < 4.78 is 26.1. The van der Waals surface area contributed by atoms with Crippen molar-refractivity contribution in [3.8, 4) is 0 Å². The van der Waals surface area contributed by atoms with Gasteiger partial charge < -0.3 is 0 Å². The van der Waals surface area contributed by atoms with Crippen LogP contribution in [0.2, 0.25) is 0 Å². The Morgan fingerprint density at radius 1 is 1.11 bits per heavy atom. The Balaban J connectivity index is 2.31. The lowest BCUT2D eigenvalue weighted by atomic mass is 10.2. The van der Waals surface area contributed by atoms with E-state index in [1.54, 1.807) is 30.3 Å². The Hall–Kier alpha value is -1.46. The molecule has 1 aliphatic rings. The Labute approximate surface area is 113 Å². The number of ketones is 1. The van der Waals surface area contributed by atoms with E-state index in [4.69, 9.17) is 0 Å². The fourth-order valence-corrected chi connectivity index (χ4v) is 3.31. The van der Waals surface area contributed by atoms with E-state index < -0.39 is 10.0 Å². The van der Waals surface area contributed by atoms with Gasteiger partial charge in [-0.2, -0.15) is 4.31 Å². The lowest BCUT2D eigenvalue weighted by Crippen LogP contribution is -2.36. The molecule has 0 unspecified atom stereocenters. The molecule has 0 radical (unpaired) electrons. The highest BCUT2D eigenvalue weighted by atomic mass is 32.2. The van der Waals surface area contributed by atoms with Crippen LogP contribution in [0.15, 0.2) is 41.3 Å². The van der Waals surface area contributed by atoms with E-state index in [1.165, 1.54) is 4.31 Å². The maximum absolute atomic E-state index is 12.4. The zero-order valence-electron chi connectivity index (χ0n) is 10.9. The first kappa shape index (κ1) is 14.0. The number of aryl methyl sites for hydroxylation is 1. The first-order chi connectivity index (χ1) is 9.00. The Bertz CT molecular complexity index is 588. The van der Waals surface area contributed by atoms with Gasteiger partial charge in [-0.1, -0.05) is 29.8 Å². The fourth-order valence-electron chi connectivity index (χ4n) is 1.94. The maximum Gasteiger partial charge on any atom is 0.243 e. The normalized spacial score (nSPS) is 19.7. The van der Waals surface area contributed by atoms with Gasteiger partial charge in [-0.15, -0.1) is 0 Å². The summed E-state index contributed by atoms with van der Waals surface area (Å²) in [7, 11) is -3.59. The Morgan fingerprint density at radius 2 is 1.79 bits per heavy atom. The highest BCUT2D eigenvalue weighted by Crippen LogP contribution is 2.17. The molecule has 0 fully saturated rings.